The number of hydrogen-bond donors (Lipinski definition) is 1. The monoisotopic (exact) mass is 372 g/mol. The molecule has 1 fully saturated rings. The molecule has 1 amide bonds. The molecular formula is C17H28N2O3S2. The van der Waals surface area contributed by atoms with Crippen LogP contribution in [0.25, 0.3) is 0 Å². The number of thiophene rings is 1. The summed E-state index contributed by atoms with van der Waals surface area (Å²) in [5.74, 6) is 0.0140. The van der Waals surface area contributed by atoms with Crippen LogP contribution in [-0.4, -0.2) is 38.3 Å². The summed E-state index contributed by atoms with van der Waals surface area (Å²) < 4.78 is 27.3. The third-order valence-corrected chi connectivity index (χ3v) is 8.08. The van der Waals surface area contributed by atoms with Gasteiger partial charge in [0.1, 0.15) is 4.21 Å². The van der Waals surface area contributed by atoms with Crippen LogP contribution in [0.4, 0.5) is 0 Å². The molecule has 1 aromatic rings. The van der Waals surface area contributed by atoms with Crippen LogP contribution in [0.5, 0.6) is 0 Å². The number of carbonyl (C=O) groups is 1. The van der Waals surface area contributed by atoms with Crippen LogP contribution in [0.3, 0.4) is 0 Å². The molecule has 0 bridgehead atoms. The smallest absolute Gasteiger partial charge is 0.252 e. The van der Waals surface area contributed by atoms with Crippen molar-refractivity contribution in [1.29, 1.82) is 0 Å². The third kappa shape index (κ3) is 4.80. The number of hydrogen-bond acceptors (Lipinski definition) is 4. The second kappa shape index (κ2) is 8.97. The number of aryl methyl sites for hydroxylation is 1. The van der Waals surface area contributed by atoms with E-state index >= 15 is 0 Å². The van der Waals surface area contributed by atoms with E-state index in [2.05, 4.69) is 12.2 Å². The van der Waals surface area contributed by atoms with Gasteiger partial charge in [-0.2, -0.15) is 4.31 Å². The van der Waals surface area contributed by atoms with E-state index in [4.69, 9.17) is 0 Å². The van der Waals surface area contributed by atoms with Crippen LogP contribution < -0.4 is 5.32 Å². The quantitative estimate of drug-likeness (QED) is 0.713. The van der Waals surface area contributed by atoms with E-state index in [0.29, 0.717) is 30.1 Å². The van der Waals surface area contributed by atoms with Crippen molar-refractivity contribution in [2.75, 3.05) is 19.6 Å². The summed E-state index contributed by atoms with van der Waals surface area (Å²) in [6, 6.07) is 3.58. The summed E-state index contributed by atoms with van der Waals surface area (Å²) in [7, 11) is -3.40. The molecule has 136 valence electrons. The maximum atomic E-state index is 12.7. The molecule has 1 aliphatic heterocycles. The Morgan fingerprint density at radius 2 is 1.96 bits per heavy atom. The Morgan fingerprint density at radius 3 is 2.54 bits per heavy atom. The van der Waals surface area contributed by atoms with E-state index in [0.717, 1.165) is 37.1 Å². The second-order valence-corrected chi connectivity index (χ2v) is 9.58. The zero-order valence-corrected chi connectivity index (χ0v) is 16.2. The standard InChI is InChI=1S/C17H28N2O3S2/c1-3-5-6-11-18-17(20)14-9-12-19(13-10-14)24(21,22)16-8-7-15(4-2)23-16/h7-8,14H,3-6,9-13H2,1-2H3,(H,18,20). The van der Waals surface area contributed by atoms with Crippen LogP contribution in [-0.2, 0) is 21.2 Å². The fourth-order valence-corrected chi connectivity index (χ4v) is 5.82. The molecule has 1 saturated heterocycles. The molecule has 2 rings (SSSR count). The fourth-order valence-electron chi connectivity index (χ4n) is 2.90. The minimum absolute atomic E-state index is 0.0624. The number of piperidine rings is 1. The van der Waals surface area contributed by atoms with Gasteiger partial charge in [-0.15, -0.1) is 11.3 Å². The summed E-state index contributed by atoms with van der Waals surface area (Å²) in [6.45, 7) is 5.73. The van der Waals surface area contributed by atoms with Crippen molar-refractivity contribution in [3.8, 4) is 0 Å². The molecule has 1 aromatic heterocycles. The summed E-state index contributed by atoms with van der Waals surface area (Å²) in [5, 5.41) is 2.98. The number of nitrogens with one attached hydrogen (secondary N) is 1. The minimum Gasteiger partial charge on any atom is -0.356 e. The Kier molecular flexibility index (Phi) is 7.25. The lowest BCUT2D eigenvalue weighted by Gasteiger charge is -2.30. The first-order valence-corrected chi connectivity index (χ1v) is 11.1. The zero-order chi connectivity index (χ0) is 17.6. The summed E-state index contributed by atoms with van der Waals surface area (Å²) in [6.07, 6.45) is 5.32. The summed E-state index contributed by atoms with van der Waals surface area (Å²) in [4.78, 5) is 13.2. The predicted octanol–water partition coefficient (Wildman–Crippen LogP) is 3.02. The number of unbranched alkanes of at least 4 members (excludes halogenated alkanes) is 2. The zero-order valence-electron chi connectivity index (χ0n) is 14.6. The van der Waals surface area contributed by atoms with Crippen LogP contribution in [0.2, 0.25) is 0 Å². The first-order valence-electron chi connectivity index (χ1n) is 8.85. The van der Waals surface area contributed by atoms with E-state index in [1.807, 2.05) is 13.0 Å². The van der Waals surface area contributed by atoms with Gasteiger partial charge in [0.05, 0.1) is 0 Å². The van der Waals surface area contributed by atoms with E-state index in [1.165, 1.54) is 15.6 Å². The van der Waals surface area contributed by atoms with Crippen molar-refractivity contribution in [1.82, 2.24) is 9.62 Å². The number of sulfonamides is 1. The highest BCUT2D eigenvalue weighted by Gasteiger charge is 2.32. The molecule has 0 unspecified atom stereocenters. The van der Waals surface area contributed by atoms with Crippen molar-refractivity contribution in [2.24, 2.45) is 5.92 Å². The van der Waals surface area contributed by atoms with Gasteiger partial charge >= 0.3 is 0 Å². The van der Waals surface area contributed by atoms with Gasteiger partial charge in [0.25, 0.3) is 10.0 Å². The molecule has 0 aromatic carbocycles. The van der Waals surface area contributed by atoms with E-state index < -0.39 is 10.0 Å². The SMILES string of the molecule is CCCCCNC(=O)C1CCN(S(=O)(=O)c2ccc(CC)s2)CC1. The molecular weight excluding hydrogens is 344 g/mol. The lowest BCUT2D eigenvalue weighted by atomic mass is 9.97. The molecule has 0 saturated carbocycles. The topological polar surface area (TPSA) is 66.5 Å². The molecule has 7 heteroatoms. The van der Waals surface area contributed by atoms with Crippen molar-refractivity contribution < 1.29 is 13.2 Å². The van der Waals surface area contributed by atoms with Crippen molar-refractivity contribution in [2.45, 2.75) is 56.6 Å². The number of nitrogens with zero attached hydrogens (tertiary/aromatic N) is 1. The molecule has 24 heavy (non-hydrogen) atoms. The Labute approximate surface area is 149 Å². The number of rotatable bonds is 8. The highest BCUT2D eigenvalue weighted by atomic mass is 32.2. The van der Waals surface area contributed by atoms with E-state index in [9.17, 15) is 13.2 Å². The van der Waals surface area contributed by atoms with Gasteiger partial charge in [-0.3, -0.25) is 4.79 Å². The van der Waals surface area contributed by atoms with Crippen molar-refractivity contribution >= 4 is 27.3 Å². The molecule has 0 aliphatic carbocycles. The Bertz CT molecular complexity index is 632. The molecule has 1 aliphatic rings. The Hall–Kier alpha value is -0.920. The van der Waals surface area contributed by atoms with Crippen LogP contribution in [0.15, 0.2) is 16.3 Å². The van der Waals surface area contributed by atoms with Gasteiger partial charge in [0.2, 0.25) is 5.91 Å². The van der Waals surface area contributed by atoms with E-state index in [1.54, 1.807) is 6.07 Å². The second-order valence-electron chi connectivity index (χ2n) is 6.25. The summed E-state index contributed by atoms with van der Waals surface area (Å²) in [5.41, 5.74) is 0. The first kappa shape index (κ1) is 19.4. The van der Waals surface area contributed by atoms with Gasteiger partial charge in [-0.05, 0) is 37.8 Å². The highest BCUT2D eigenvalue weighted by molar-refractivity contribution is 7.91. The average molecular weight is 373 g/mol. The first-order chi connectivity index (χ1) is 11.5. The van der Waals surface area contributed by atoms with Crippen molar-refractivity contribution in [3.63, 3.8) is 0 Å². The number of carbonyl (C=O) groups excluding carboxylic acids is 1. The van der Waals surface area contributed by atoms with Gasteiger partial charge < -0.3 is 5.32 Å². The molecule has 0 atom stereocenters. The normalized spacial score (nSPS) is 17.1. The largest absolute Gasteiger partial charge is 0.356 e. The molecule has 5 nitrogen and oxygen atoms in total. The fraction of sp³-hybridized carbons (Fsp3) is 0.706. The predicted molar refractivity (Wildman–Crippen MR) is 97.7 cm³/mol. The van der Waals surface area contributed by atoms with Crippen LogP contribution in [0.1, 0.15) is 50.8 Å². The molecule has 0 spiro atoms. The van der Waals surface area contributed by atoms with Gasteiger partial charge in [-0.25, -0.2) is 8.42 Å². The molecule has 2 heterocycles. The average Bonchev–Trinajstić information content (AvgIpc) is 3.08. The third-order valence-electron chi connectivity index (χ3n) is 4.48. The molecule has 0 radical (unpaired) electrons. The maximum absolute atomic E-state index is 12.7. The number of amides is 1. The van der Waals surface area contributed by atoms with Gasteiger partial charge in [0.15, 0.2) is 0 Å². The Morgan fingerprint density at radius 1 is 1.25 bits per heavy atom. The van der Waals surface area contributed by atoms with Gasteiger partial charge in [-0.1, -0.05) is 26.7 Å². The Balaban J connectivity index is 1.86. The molecule has 1 N–H and O–H groups in total. The lowest BCUT2D eigenvalue weighted by Crippen LogP contribution is -2.43. The lowest BCUT2D eigenvalue weighted by molar-refractivity contribution is -0.126. The summed E-state index contributed by atoms with van der Waals surface area (Å²) >= 11 is 1.35. The minimum atomic E-state index is -3.40. The van der Waals surface area contributed by atoms with Crippen LogP contribution >= 0.6 is 11.3 Å². The van der Waals surface area contributed by atoms with E-state index in [-0.39, 0.29) is 11.8 Å². The van der Waals surface area contributed by atoms with Gasteiger partial charge in [0, 0.05) is 30.4 Å². The van der Waals surface area contributed by atoms with Crippen molar-refractivity contribution in [3.05, 3.63) is 17.0 Å². The maximum Gasteiger partial charge on any atom is 0.252 e. The highest BCUT2D eigenvalue weighted by Crippen LogP contribution is 2.28. The van der Waals surface area contributed by atoms with Crippen LogP contribution in [0, 0.1) is 5.92 Å².